The maximum Gasteiger partial charge on any atom is 0.256 e. The minimum atomic E-state index is -0.147. The molecular weight excluding hydrogens is 268 g/mol. The second kappa shape index (κ2) is 6.51. The van der Waals surface area contributed by atoms with Gasteiger partial charge in [-0.05, 0) is 19.2 Å². The van der Waals surface area contributed by atoms with Gasteiger partial charge in [0.25, 0.3) is 5.91 Å². The summed E-state index contributed by atoms with van der Waals surface area (Å²) < 4.78 is 0. The molecule has 112 valence electrons. The standard InChI is InChI=1S/C15H20N4O2/c1-10(2)19(7-8-20)15(21)13-9-17-14(18-16)12-6-4-3-5-11(12)13/h3-6,9-10,20H,7-8,16H2,1-2H3,(H,17,18). The highest BCUT2D eigenvalue weighted by atomic mass is 16.3. The number of hydrogen-bond acceptors (Lipinski definition) is 5. The predicted molar refractivity (Wildman–Crippen MR) is 82.8 cm³/mol. The molecule has 0 saturated heterocycles. The van der Waals surface area contributed by atoms with Crippen LogP contribution in [0, 0.1) is 0 Å². The van der Waals surface area contributed by atoms with Gasteiger partial charge in [-0.3, -0.25) is 4.79 Å². The van der Waals surface area contributed by atoms with E-state index in [1.807, 2.05) is 38.1 Å². The number of anilines is 1. The van der Waals surface area contributed by atoms with E-state index in [1.54, 1.807) is 4.90 Å². The van der Waals surface area contributed by atoms with E-state index in [4.69, 9.17) is 10.9 Å². The molecule has 1 amide bonds. The second-order valence-corrected chi connectivity index (χ2v) is 5.03. The summed E-state index contributed by atoms with van der Waals surface area (Å²) in [6.45, 7) is 4.05. The minimum Gasteiger partial charge on any atom is -0.395 e. The number of rotatable bonds is 5. The summed E-state index contributed by atoms with van der Waals surface area (Å²) in [4.78, 5) is 18.5. The van der Waals surface area contributed by atoms with Crippen LogP contribution >= 0.6 is 0 Å². The summed E-state index contributed by atoms with van der Waals surface area (Å²) in [6.07, 6.45) is 1.52. The summed E-state index contributed by atoms with van der Waals surface area (Å²) in [7, 11) is 0. The molecule has 2 aromatic rings. The molecule has 0 radical (unpaired) electrons. The van der Waals surface area contributed by atoms with Gasteiger partial charge >= 0.3 is 0 Å². The topological polar surface area (TPSA) is 91.5 Å². The lowest BCUT2D eigenvalue weighted by Crippen LogP contribution is -2.39. The summed E-state index contributed by atoms with van der Waals surface area (Å²) in [5.74, 6) is 5.84. The van der Waals surface area contributed by atoms with Gasteiger partial charge in [0, 0.05) is 24.2 Å². The molecule has 21 heavy (non-hydrogen) atoms. The number of carbonyl (C=O) groups excluding carboxylic acids is 1. The molecule has 2 rings (SSSR count). The second-order valence-electron chi connectivity index (χ2n) is 5.03. The number of nitrogens with zero attached hydrogens (tertiary/aromatic N) is 2. The summed E-state index contributed by atoms with van der Waals surface area (Å²) in [6, 6.07) is 7.46. The van der Waals surface area contributed by atoms with Gasteiger partial charge in [-0.2, -0.15) is 0 Å². The average molecular weight is 288 g/mol. The number of carbonyl (C=O) groups is 1. The van der Waals surface area contributed by atoms with Crippen LogP contribution in [0.1, 0.15) is 24.2 Å². The van der Waals surface area contributed by atoms with Gasteiger partial charge in [0.05, 0.1) is 12.2 Å². The maximum absolute atomic E-state index is 12.7. The van der Waals surface area contributed by atoms with Crippen LogP contribution in [0.2, 0.25) is 0 Å². The van der Waals surface area contributed by atoms with E-state index in [0.29, 0.717) is 17.9 Å². The van der Waals surface area contributed by atoms with E-state index in [2.05, 4.69) is 10.4 Å². The van der Waals surface area contributed by atoms with Crippen LogP contribution < -0.4 is 11.3 Å². The van der Waals surface area contributed by atoms with Crippen molar-refractivity contribution in [1.29, 1.82) is 0 Å². The molecule has 1 aromatic heterocycles. The quantitative estimate of drug-likeness (QED) is 0.571. The van der Waals surface area contributed by atoms with Crippen molar-refractivity contribution in [2.45, 2.75) is 19.9 Å². The van der Waals surface area contributed by atoms with E-state index in [-0.39, 0.29) is 18.6 Å². The number of nitrogens with two attached hydrogens (primary N) is 1. The van der Waals surface area contributed by atoms with Crippen LogP contribution in [-0.2, 0) is 0 Å². The first-order valence-electron chi connectivity index (χ1n) is 6.86. The lowest BCUT2D eigenvalue weighted by Gasteiger charge is -2.26. The van der Waals surface area contributed by atoms with Gasteiger partial charge in [-0.1, -0.05) is 24.3 Å². The van der Waals surface area contributed by atoms with Crippen molar-refractivity contribution in [1.82, 2.24) is 9.88 Å². The molecule has 0 spiro atoms. The molecule has 6 heteroatoms. The average Bonchev–Trinajstić information content (AvgIpc) is 2.50. The Balaban J connectivity index is 2.53. The number of hydrogen-bond donors (Lipinski definition) is 3. The minimum absolute atomic E-state index is 0.00396. The Bertz CT molecular complexity index is 643. The van der Waals surface area contributed by atoms with E-state index >= 15 is 0 Å². The number of aromatic nitrogens is 1. The lowest BCUT2D eigenvalue weighted by molar-refractivity contribution is 0.0667. The highest BCUT2D eigenvalue weighted by Crippen LogP contribution is 2.25. The first kappa shape index (κ1) is 15.2. The number of nitrogens with one attached hydrogen (secondary N) is 1. The largest absolute Gasteiger partial charge is 0.395 e. The number of nitrogen functional groups attached to an aromatic ring is 1. The van der Waals surface area contributed by atoms with Crippen molar-refractivity contribution < 1.29 is 9.90 Å². The van der Waals surface area contributed by atoms with Crippen LogP contribution in [0.5, 0.6) is 0 Å². The van der Waals surface area contributed by atoms with Crippen molar-refractivity contribution in [3.63, 3.8) is 0 Å². The van der Waals surface area contributed by atoms with Crippen LogP contribution in [-0.4, -0.2) is 40.1 Å². The van der Waals surface area contributed by atoms with Crippen LogP contribution in [0.15, 0.2) is 30.5 Å². The van der Waals surface area contributed by atoms with E-state index in [9.17, 15) is 4.79 Å². The molecule has 1 aromatic carbocycles. The normalized spacial score (nSPS) is 10.9. The number of benzene rings is 1. The molecule has 0 fully saturated rings. The zero-order valence-corrected chi connectivity index (χ0v) is 12.2. The van der Waals surface area contributed by atoms with Crippen molar-refractivity contribution in [2.75, 3.05) is 18.6 Å². The van der Waals surface area contributed by atoms with Crippen LogP contribution in [0.4, 0.5) is 5.82 Å². The highest BCUT2D eigenvalue weighted by molar-refractivity contribution is 6.09. The maximum atomic E-state index is 12.7. The fourth-order valence-corrected chi connectivity index (χ4v) is 2.33. The molecule has 0 saturated carbocycles. The molecule has 0 aliphatic heterocycles. The summed E-state index contributed by atoms with van der Waals surface area (Å²) in [5.41, 5.74) is 3.04. The Morgan fingerprint density at radius 3 is 2.62 bits per heavy atom. The number of aliphatic hydroxyl groups excluding tert-OH is 1. The Morgan fingerprint density at radius 1 is 1.38 bits per heavy atom. The summed E-state index contributed by atoms with van der Waals surface area (Å²) >= 11 is 0. The SMILES string of the molecule is CC(C)N(CCO)C(=O)c1cnc(NN)c2ccccc12. The van der Waals surface area contributed by atoms with E-state index in [0.717, 1.165) is 10.8 Å². The third kappa shape index (κ3) is 2.96. The van der Waals surface area contributed by atoms with Crippen LogP contribution in [0.25, 0.3) is 10.8 Å². The predicted octanol–water partition coefficient (Wildman–Crippen LogP) is 1.36. The van der Waals surface area contributed by atoms with E-state index < -0.39 is 0 Å². The Morgan fingerprint density at radius 2 is 2.05 bits per heavy atom. The number of pyridine rings is 1. The van der Waals surface area contributed by atoms with Crippen molar-refractivity contribution >= 4 is 22.5 Å². The van der Waals surface area contributed by atoms with Gasteiger partial charge in [0.1, 0.15) is 5.82 Å². The van der Waals surface area contributed by atoms with Gasteiger partial charge in [0.2, 0.25) is 0 Å². The number of amides is 1. The molecule has 0 atom stereocenters. The Hall–Kier alpha value is -2.18. The molecule has 0 bridgehead atoms. The molecule has 1 heterocycles. The molecule has 6 nitrogen and oxygen atoms in total. The lowest BCUT2D eigenvalue weighted by atomic mass is 10.1. The van der Waals surface area contributed by atoms with Gasteiger partial charge < -0.3 is 15.4 Å². The number of aliphatic hydroxyl groups is 1. The zero-order valence-electron chi connectivity index (χ0n) is 12.2. The van der Waals surface area contributed by atoms with Crippen LogP contribution in [0.3, 0.4) is 0 Å². The number of fused-ring (bicyclic) bond motifs is 1. The third-order valence-corrected chi connectivity index (χ3v) is 3.39. The molecule has 0 aliphatic rings. The molecule has 4 N–H and O–H groups in total. The first-order chi connectivity index (χ1) is 10.1. The molecule has 0 unspecified atom stereocenters. The van der Waals surface area contributed by atoms with Crippen molar-refractivity contribution in [3.05, 3.63) is 36.0 Å². The fraction of sp³-hybridized carbons (Fsp3) is 0.333. The smallest absolute Gasteiger partial charge is 0.256 e. The Kier molecular flexibility index (Phi) is 4.72. The molecule has 0 aliphatic carbocycles. The van der Waals surface area contributed by atoms with E-state index in [1.165, 1.54) is 6.20 Å². The fourth-order valence-electron chi connectivity index (χ4n) is 2.33. The van der Waals surface area contributed by atoms with Gasteiger partial charge in [0.15, 0.2) is 0 Å². The summed E-state index contributed by atoms with van der Waals surface area (Å²) in [5, 5.41) is 10.7. The highest BCUT2D eigenvalue weighted by Gasteiger charge is 2.21. The first-order valence-corrected chi connectivity index (χ1v) is 6.86. The van der Waals surface area contributed by atoms with Crippen molar-refractivity contribution in [2.24, 2.45) is 5.84 Å². The molecular formula is C15H20N4O2. The zero-order chi connectivity index (χ0) is 15.4. The number of hydrazine groups is 1. The van der Waals surface area contributed by atoms with Crippen molar-refractivity contribution in [3.8, 4) is 0 Å². The van der Waals surface area contributed by atoms with Gasteiger partial charge in [-0.15, -0.1) is 0 Å². The third-order valence-electron chi connectivity index (χ3n) is 3.39. The Labute approximate surface area is 123 Å². The monoisotopic (exact) mass is 288 g/mol. The van der Waals surface area contributed by atoms with Gasteiger partial charge in [-0.25, -0.2) is 10.8 Å².